The van der Waals surface area contributed by atoms with Crippen molar-refractivity contribution in [1.29, 1.82) is 0 Å². The van der Waals surface area contributed by atoms with Crippen molar-refractivity contribution >= 4 is 5.97 Å². The van der Waals surface area contributed by atoms with Crippen molar-refractivity contribution in [2.24, 2.45) is 5.92 Å². The summed E-state index contributed by atoms with van der Waals surface area (Å²) in [5, 5.41) is 6.71. The Morgan fingerprint density at radius 1 is 1.47 bits per heavy atom. The molecule has 1 aliphatic carbocycles. The fourth-order valence-electron chi connectivity index (χ4n) is 2.16. The number of esters is 1. The fourth-order valence-corrected chi connectivity index (χ4v) is 2.16. The molecule has 2 aliphatic rings. The third-order valence-electron chi connectivity index (χ3n) is 3.46. The zero-order chi connectivity index (χ0) is 10.7. The van der Waals surface area contributed by atoms with E-state index in [1.54, 1.807) is 0 Å². The highest BCUT2D eigenvalue weighted by Crippen LogP contribution is 2.29. The van der Waals surface area contributed by atoms with Crippen molar-refractivity contribution in [3.8, 4) is 0 Å². The Hall–Kier alpha value is -0.610. The van der Waals surface area contributed by atoms with Crippen molar-refractivity contribution in [1.82, 2.24) is 10.6 Å². The summed E-state index contributed by atoms with van der Waals surface area (Å²) in [6.45, 7) is 2.76. The molecule has 2 fully saturated rings. The number of carbonyl (C=O) groups is 1. The third kappa shape index (κ3) is 2.49. The largest absolute Gasteiger partial charge is 0.468 e. The maximum absolute atomic E-state index is 11.8. The summed E-state index contributed by atoms with van der Waals surface area (Å²) in [6.07, 6.45) is 4.30. The lowest BCUT2D eigenvalue weighted by Gasteiger charge is -2.35. The molecule has 0 aromatic rings. The Kier molecular flexibility index (Phi) is 3.26. The first-order chi connectivity index (χ1) is 7.27. The van der Waals surface area contributed by atoms with Gasteiger partial charge in [0, 0.05) is 0 Å². The number of hydrogen-bond donors (Lipinski definition) is 2. The standard InChI is InChI=1S/C11H20N2O2/c1-15-10(14)11(4-6-12-7-5-11)13-8-9-2-3-9/h9,12-13H,2-8H2,1H3. The number of rotatable bonds is 4. The molecule has 2 N–H and O–H groups in total. The number of ether oxygens (including phenoxy) is 1. The van der Waals surface area contributed by atoms with E-state index in [1.807, 2.05) is 0 Å². The van der Waals surface area contributed by atoms with Crippen LogP contribution in [0.25, 0.3) is 0 Å². The molecule has 1 saturated carbocycles. The highest BCUT2D eigenvalue weighted by molar-refractivity contribution is 5.81. The van der Waals surface area contributed by atoms with Crippen LogP contribution in [0.1, 0.15) is 25.7 Å². The summed E-state index contributed by atoms with van der Waals surface area (Å²) in [6, 6.07) is 0. The van der Waals surface area contributed by atoms with Crippen LogP contribution in [0.3, 0.4) is 0 Å². The van der Waals surface area contributed by atoms with E-state index >= 15 is 0 Å². The molecule has 1 saturated heterocycles. The molecule has 15 heavy (non-hydrogen) atoms. The molecular weight excluding hydrogens is 192 g/mol. The topological polar surface area (TPSA) is 50.4 Å². The van der Waals surface area contributed by atoms with Gasteiger partial charge in [-0.3, -0.25) is 4.79 Å². The predicted octanol–water partition coefficient (Wildman–Crippen LogP) is 0.281. The quantitative estimate of drug-likeness (QED) is 0.657. The number of carbonyl (C=O) groups excluding carboxylic acids is 1. The van der Waals surface area contributed by atoms with Gasteiger partial charge in [-0.15, -0.1) is 0 Å². The maximum atomic E-state index is 11.8. The minimum absolute atomic E-state index is 0.0929. The van der Waals surface area contributed by atoms with Gasteiger partial charge in [0.25, 0.3) is 0 Å². The fraction of sp³-hybridized carbons (Fsp3) is 0.909. The van der Waals surface area contributed by atoms with Gasteiger partial charge in [0.05, 0.1) is 7.11 Å². The van der Waals surface area contributed by atoms with Crippen LogP contribution in [0.2, 0.25) is 0 Å². The van der Waals surface area contributed by atoms with Gasteiger partial charge in [-0.2, -0.15) is 0 Å². The van der Waals surface area contributed by atoms with Crippen LogP contribution >= 0.6 is 0 Å². The van der Waals surface area contributed by atoms with Crippen LogP contribution in [0.15, 0.2) is 0 Å². The lowest BCUT2D eigenvalue weighted by Crippen LogP contribution is -2.58. The van der Waals surface area contributed by atoms with E-state index in [9.17, 15) is 4.79 Å². The summed E-state index contributed by atoms with van der Waals surface area (Å²) in [7, 11) is 1.48. The number of hydrogen-bond acceptors (Lipinski definition) is 4. The van der Waals surface area contributed by atoms with Gasteiger partial charge >= 0.3 is 5.97 Å². The predicted molar refractivity (Wildman–Crippen MR) is 57.6 cm³/mol. The van der Waals surface area contributed by atoms with Crippen LogP contribution in [-0.2, 0) is 9.53 Å². The molecule has 2 rings (SSSR count). The summed E-state index contributed by atoms with van der Waals surface area (Å²) in [5.74, 6) is 0.700. The van der Waals surface area contributed by atoms with E-state index in [0.29, 0.717) is 0 Å². The smallest absolute Gasteiger partial charge is 0.326 e. The lowest BCUT2D eigenvalue weighted by atomic mass is 9.88. The summed E-state index contributed by atoms with van der Waals surface area (Å²) < 4.78 is 4.92. The molecule has 0 bridgehead atoms. The molecule has 1 heterocycles. The highest BCUT2D eigenvalue weighted by atomic mass is 16.5. The van der Waals surface area contributed by atoms with E-state index in [1.165, 1.54) is 20.0 Å². The first-order valence-electron chi connectivity index (χ1n) is 5.81. The van der Waals surface area contributed by atoms with E-state index in [4.69, 9.17) is 4.74 Å². The molecule has 4 nitrogen and oxygen atoms in total. The van der Waals surface area contributed by atoms with Gasteiger partial charge in [0.2, 0.25) is 0 Å². The van der Waals surface area contributed by atoms with Gasteiger partial charge in [0.1, 0.15) is 5.54 Å². The van der Waals surface area contributed by atoms with Gasteiger partial charge in [-0.1, -0.05) is 0 Å². The van der Waals surface area contributed by atoms with Crippen LogP contribution in [0.5, 0.6) is 0 Å². The average molecular weight is 212 g/mol. The summed E-state index contributed by atoms with van der Waals surface area (Å²) in [4.78, 5) is 11.8. The van der Waals surface area contributed by atoms with Crippen molar-refractivity contribution < 1.29 is 9.53 Å². The second-order valence-electron chi connectivity index (χ2n) is 4.65. The van der Waals surface area contributed by atoms with E-state index in [-0.39, 0.29) is 5.97 Å². The first kappa shape index (κ1) is 10.9. The second-order valence-corrected chi connectivity index (χ2v) is 4.65. The molecule has 0 amide bonds. The first-order valence-corrected chi connectivity index (χ1v) is 5.81. The van der Waals surface area contributed by atoms with Crippen LogP contribution in [0, 0.1) is 5.92 Å². The highest BCUT2D eigenvalue weighted by Gasteiger charge is 2.41. The number of nitrogens with one attached hydrogen (secondary N) is 2. The minimum atomic E-state index is -0.414. The van der Waals surface area contributed by atoms with Gasteiger partial charge in [-0.05, 0) is 51.2 Å². The molecule has 0 atom stereocenters. The maximum Gasteiger partial charge on any atom is 0.326 e. The van der Waals surface area contributed by atoms with Crippen molar-refractivity contribution in [2.45, 2.75) is 31.2 Å². The Bertz CT molecular complexity index is 233. The lowest BCUT2D eigenvalue weighted by molar-refractivity contribution is -0.150. The number of methoxy groups -OCH3 is 1. The zero-order valence-electron chi connectivity index (χ0n) is 9.34. The molecule has 4 heteroatoms. The van der Waals surface area contributed by atoms with Crippen LogP contribution in [-0.4, -0.2) is 38.3 Å². The third-order valence-corrected chi connectivity index (χ3v) is 3.46. The molecule has 1 aliphatic heterocycles. The Morgan fingerprint density at radius 2 is 2.13 bits per heavy atom. The molecule has 0 aromatic carbocycles. The monoisotopic (exact) mass is 212 g/mol. The molecule has 0 aromatic heterocycles. The summed E-state index contributed by atoms with van der Waals surface area (Å²) in [5.41, 5.74) is -0.414. The van der Waals surface area contributed by atoms with E-state index in [2.05, 4.69) is 10.6 Å². The van der Waals surface area contributed by atoms with Crippen molar-refractivity contribution in [2.75, 3.05) is 26.7 Å². The Balaban J connectivity index is 1.95. The zero-order valence-corrected chi connectivity index (χ0v) is 9.34. The molecule has 0 radical (unpaired) electrons. The van der Waals surface area contributed by atoms with Gasteiger partial charge in [-0.25, -0.2) is 0 Å². The van der Waals surface area contributed by atoms with Crippen LogP contribution in [0.4, 0.5) is 0 Å². The van der Waals surface area contributed by atoms with E-state index < -0.39 is 5.54 Å². The number of piperidine rings is 1. The van der Waals surface area contributed by atoms with Crippen LogP contribution < -0.4 is 10.6 Å². The molecular formula is C11H20N2O2. The second kappa shape index (κ2) is 4.49. The summed E-state index contributed by atoms with van der Waals surface area (Å²) >= 11 is 0. The van der Waals surface area contributed by atoms with Crippen molar-refractivity contribution in [3.05, 3.63) is 0 Å². The molecule has 0 spiro atoms. The normalized spacial score (nSPS) is 24.9. The Morgan fingerprint density at radius 3 is 2.67 bits per heavy atom. The SMILES string of the molecule is COC(=O)C1(NCC2CC2)CCNCC1. The van der Waals surface area contributed by atoms with Gasteiger partial charge in [0.15, 0.2) is 0 Å². The molecule has 0 unspecified atom stereocenters. The average Bonchev–Trinajstić information content (AvgIpc) is 3.10. The molecule has 86 valence electrons. The van der Waals surface area contributed by atoms with Gasteiger partial charge < -0.3 is 15.4 Å². The van der Waals surface area contributed by atoms with Crippen molar-refractivity contribution in [3.63, 3.8) is 0 Å². The Labute approximate surface area is 90.8 Å². The van der Waals surface area contributed by atoms with E-state index in [0.717, 1.165) is 38.4 Å². The minimum Gasteiger partial charge on any atom is -0.468 e.